The number of nitrogens with zero attached hydrogens (tertiary/aromatic N) is 2. The van der Waals surface area contributed by atoms with Gasteiger partial charge in [0, 0.05) is 44.0 Å². The zero-order valence-corrected chi connectivity index (χ0v) is 16.9. The van der Waals surface area contributed by atoms with Gasteiger partial charge in [0.25, 0.3) is 0 Å². The monoisotopic (exact) mass is 398 g/mol. The van der Waals surface area contributed by atoms with Crippen LogP contribution in [0.15, 0.2) is 42.6 Å². The Bertz CT molecular complexity index is 791. The molecule has 0 radical (unpaired) electrons. The van der Waals surface area contributed by atoms with E-state index in [2.05, 4.69) is 26.6 Å². The molecule has 0 unspecified atom stereocenters. The van der Waals surface area contributed by atoms with Crippen LogP contribution in [0.2, 0.25) is 0 Å². The minimum Gasteiger partial charge on any atom is -0.496 e. The minimum absolute atomic E-state index is 0.00601. The van der Waals surface area contributed by atoms with Crippen molar-refractivity contribution < 1.29 is 14.6 Å². The number of amides is 1. The second kappa shape index (κ2) is 10.9. The van der Waals surface area contributed by atoms with Gasteiger partial charge in [-0.25, -0.2) is 0 Å². The van der Waals surface area contributed by atoms with E-state index in [1.54, 1.807) is 19.4 Å². The van der Waals surface area contributed by atoms with E-state index in [4.69, 9.17) is 9.84 Å². The Morgan fingerprint density at radius 3 is 2.83 bits per heavy atom. The number of hydrogen-bond donors (Lipinski definition) is 3. The molecule has 1 aliphatic heterocycles. The maximum absolute atomic E-state index is 12.2. The van der Waals surface area contributed by atoms with Gasteiger partial charge < -0.3 is 20.5 Å². The highest BCUT2D eigenvalue weighted by Gasteiger charge is 2.21. The van der Waals surface area contributed by atoms with E-state index in [0.717, 1.165) is 49.5 Å². The molecule has 7 heteroatoms. The summed E-state index contributed by atoms with van der Waals surface area (Å²) in [7, 11) is 1.70. The van der Waals surface area contributed by atoms with Gasteiger partial charge in [-0.15, -0.1) is 0 Å². The average Bonchev–Trinajstić information content (AvgIpc) is 2.75. The molecule has 1 aromatic carbocycles. The Morgan fingerprint density at radius 1 is 1.28 bits per heavy atom. The van der Waals surface area contributed by atoms with Crippen LogP contribution in [0.5, 0.6) is 5.75 Å². The summed E-state index contributed by atoms with van der Waals surface area (Å²) in [5, 5.41) is 15.4. The van der Waals surface area contributed by atoms with E-state index >= 15 is 0 Å². The average molecular weight is 399 g/mol. The first kappa shape index (κ1) is 21.2. The van der Waals surface area contributed by atoms with Gasteiger partial charge in [0.2, 0.25) is 5.91 Å². The van der Waals surface area contributed by atoms with Gasteiger partial charge in [-0.3, -0.25) is 14.7 Å². The number of aromatic nitrogens is 1. The zero-order chi connectivity index (χ0) is 20.5. The summed E-state index contributed by atoms with van der Waals surface area (Å²) in [6.45, 7) is 3.52. The Balaban J connectivity index is 1.36. The second-order valence-electron chi connectivity index (χ2n) is 7.35. The van der Waals surface area contributed by atoms with Crippen LogP contribution in [-0.4, -0.2) is 53.7 Å². The van der Waals surface area contributed by atoms with Crippen molar-refractivity contribution in [2.45, 2.75) is 38.6 Å². The standard InChI is InChI=1S/C22H30N4O3/c1-29-21-5-3-2-4-18(21)15-26-10-7-19(8-11-26)25-22(28)14-23-13-20-12-17(16-27)6-9-24-20/h2-6,9,12,19,23,27H,7-8,10-11,13-16H2,1H3,(H,25,28). The number of rotatable bonds is 9. The number of carbonyl (C=O) groups is 1. The van der Waals surface area contributed by atoms with E-state index in [0.29, 0.717) is 6.54 Å². The van der Waals surface area contributed by atoms with Crippen molar-refractivity contribution in [3.8, 4) is 5.75 Å². The number of aliphatic hydroxyl groups is 1. The lowest BCUT2D eigenvalue weighted by molar-refractivity contribution is -0.121. The van der Waals surface area contributed by atoms with Gasteiger partial charge in [-0.2, -0.15) is 0 Å². The fourth-order valence-corrected chi connectivity index (χ4v) is 3.62. The van der Waals surface area contributed by atoms with Crippen LogP contribution < -0.4 is 15.4 Å². The summed E-state index contributed by atoms with van der Waals surface area (Å²) in [6.07, 6.45) is 3.56. The molecule has 1 aromatic heterocycles. The van der Waals surface area contributed by atoms with Gasteiger partial charge in [0.1, 0.15) is 5.75 Å². The van der Waals surface area contributed by atoms with Crippen LogP contribution in [0.3, 0.4) is 0 Å². The molecular weight excluding hydrogens is 368 g/mol. The maximum Gasteiger partial charge on any atom is 0.234 e. The Kier molecular flexibility index (Phi) is 7.98. The third kappa shape index (κ3) is 6.52. The van der Waals surface area contributed by atoms with Crippen LogP contribution in [0.25, 0.3) is 0 Å². The predicted molar refractivity (Wildman–Crippen MR) is 111 cm³/mol. The summed E-state index contributed by atoms with van der Waals surface area (Å²) in [5.74, 6) is 0.930. The molecule has 3 rings (SSSR count). The number of para-hydroxylation sites is 1. The van der Waals surface area contributed by atoms with Crippen LogP contribution in [0, 0.1) is 0 Å². The van der Waals surface area contributed by atoms with Gasteiger partial charge in [-0.05, 0) is 36.6 Å². The normalized spacial score (nSPS) is 15.2. The van der Waals surface area contributed by atoms with Crippen molar-refractivity contribution in [3.05, 3.63) is 59.4 Å². The summed E-state index contributed by atoms with van der Waals surface area (Å²) < 4.78 is 5.44. The molecule has 1 fully saturated rings. The lowest BCUT2D eigenvalue weighted by Crippen LogP contribution is -2.46. The highest BCUT2D eigenvalue weighted by Crippen LogP contribution is 2.21. The van der Waals surface area contributed by atoms with Gasteiger partial charge in [-0.1, -0.05) is 18.2 Å². The third-order valence-corrected chi connectivity index (χ3v) is 5.19. The number of piperidine rings is 1. The molecule has 7 nitrogen and oxygen atoms in total. The van der Waals surface area contributed by atoms with Crippen molar-refractivity contribution in [3.63, 3.8) is 0 Å². The van der Waals surface area contributed by atoms with E-state index in [-0.39, 0.29) is 25.1 Å². The first-order valence-corrected chi connectivity index (χ1v) is 10.1. The van der Waals surface area contributed by atoms with Crippen molar-refractivity contribution in [2.75, 3.05) is 26.7 Å². The maximum atomic E-state index is 12.2. The topological polar surface area (TPSA) is 86.7 Å². The summed E-state index contributed by atoms with van der Waals surface area (Å²) >= 11 is 0. The number of hydrogen-bond acceptors (Lipinski definition) is 6. The SMILES string of the molecule is COc1ccccc1CN1CCC(NC(=O)CNCc2cc(CO)ccn2)CC1. The molecule has 0 bridgehead atoms. The Hall–Kier alpha value is -2.48. The van der Waals surface area contributed by atoms with Crippen LogP contribution in [-0.2, 0) is 24.5 Å². The highest BCUT2D eigenvalue weighted by molar-refractivity contribution is 5.78. The molecule has 2 aromatic rings. The van der Waals surface area contributed by atoms with E-state index in [1.165, 1.54) is 5.56 Å². The number of benzene rings is 1. The number of pyridine rings is 1. The van der Waals surface area contributed by atoms with Crippen LogP contribution in [0.4, 0.5) is 0 Å². The molecule has 0 saturated carbocycles. The molecule has 2 heterocycles. The lowest BCUT2D eigenvalue weighted by atomic mass is 10.0. The van der Waals surface area contributed by atoms with Gasteiger partial charge in [0.05, 0.1) is 26.0 Å². The van der Waals surface area contributed by atoms with E-state index in [1.807, 2.05) is 24.3 Å². The molecule has 0 aliphatic carbocycles. The van der Waals surface area contributed by atoms with E-state index < -0.39 is 0 Å². The van der Waals surface area contributed by atoms with Crippen LogP contribution >= 0.6 is 0 Å². The number of carbonyl (C=O) groups excluding carboxylic acids is 1. The van der Waals surface area contributed by atoms with Crippen molar-refractivity contribution >= 4 is 5.91 Å². The molecule has 1 amide bonds. The minimum atomic E-state index is -0.00818. The third-order valence-electron chi connectivity index (χ3n) is 5.19. The van der Waals surface area contributed by atoms with Crippen molar-refractivity contribution in [1.29, 1.82) is 0 Å². The number of nitrogens with one attached hydrogen (secondary N) is 2. The number of ether oxygens (including phenoxy) is 1. The molecule has 1 saturated heterocycles. The molecule has 29 heavy (non-hydrogen) atoms. The Labute approximate surface area is 172 Å². The Morgan fingerprint density at radius 2 is 2.07 bits per heavy atom. The first-order chi connectivity index (χ1) is 14.2. The quantitative estimate of drug-likeness (QED) is 0.593. The lowest BCUT2D eigenvalue weighted by Gasteiger charge is -2.32. The van der Waals surface area contributed by atoms with Gasteiger partial charge in [0.15, 0.2) is 0 Å². The van der Waals surface area contributed by atoms with Crippen LogP contribution in [0.1, 0.15) is 29.7 Å². The molecule has 0 atom stereocenters. The fraction of sp³-hybridized carbons (Fsp3) is 0.455. The number of likely N-dealkylation sites (tertiary alicyclic amines) is 1. The predicted octanol–water partition coefficient (Wildman–Crippen LogP) is 1.45. The van der Waals surface area contributed by atoms with Crippen molar-refractivity contribution in [2.24, 2.45) is 0 Å². The highest BCUT2D eigenvalue weighted by atomic mass is 16.5. The largest absolute Gasteiger partial charge is 0.496 e. The summed E-state index contributed by atoms with van der Waals surface area (Å²) in [6, 6.07) is 11.9. The zero-order valence-electron chi connectivity index (χ0n) is 16.9. The molecule has 1 aliphatic rings. The molecule has 3 N–H and O–H groups in total. The van der Waals surface area contributed by atoms with Crippen molar-refractivity contribution in [1.82, 2.24) is 20.5 Å². The smallest absolute Gasteiger partial charge is 0.234 e. The summed E-state index contributed by atoms with van der Waals surface area (Å²) in [4.78, 5) is 18.9. The molecular formula is C22H30N4O3. The summed E-state index contributed by atoms with van der Waals surface area (Å²) in [5.41, 5.74) is 2.83. The second-order valence-corrected chi connectivity index (χ2v) is 7.35. The fourth-order valence-electron chi connectivity index (χ4n) is 3.62. The first-order valence-electron chi connectivity index (χ1n) is 10.1. The molecule has 0 spiro atoms. The van der Waals surface area contributed by atoms with E-state index in [9.17, 15) is 4.79 Å². The number of methoxy groups -OCH3 is 1. The number of aliphatic hydroxyl groups excluding tert-OH is 1. The van der Waals surface area contributed by atoms with Gasteiger partial charge >= 0.3 is 0 Å². The molecule has 156 valence electrons.